The second-order valence-corrected chi connectivity index (χ2v) is 7.40. The largest absolute Gasteiger partial charge is 0.484 e. The highest BCUT2D eigenvalue weighted by Gasteiger charge is 2.13. The van der Waals surface area contributed by atoms with Crippen molar-refractivity contribution in [1.29, 1.82) is 0 Å². The molecule has 158 valence electrons. The molecule has 4 rings (SSSR count). The fourth-order valence-electron chi connectivity index (χ4n) is 3.23. The molecule has 1 heterocycles. The van der Waals surface area contributed by atoms with E-state index < -0.39 is 5.82 Å². The maximum atomic E-state index is 14.0. The Bertz CT molecular complexity index is 1200. The van der Waals surface area contributed by atoms with Gasteiger partial charge in [-0.1, -0.05) is 38.1 Å². The Hall–Kier alpha value is -3.67. The Morgan fingerprint density at radius 3 is 2.65 bits per heavy atom. The third kappa shape index (κ3) is 4.74. The average Bonchev–Trinajstić information content (AvgIpc) is 3.21. The molecular formula is C25H23FN2O3. The van der Waals surface area contributed by atoms with E-state index in [-0.39, 0.29) is 24.0 Å². The Morgan fingerprint density at radius 1 is 1.13 bits per heavy atom. The molecule has 1 aromatic heterocycles. The fraction of sp³-hybridized carbons (Fsp3) is 0.200. The minimum absolute atomic E-state index is 0.111. The average molecular weight is 418 g/mol. The van der Waals surface area contributed by atoms with Crippen molar-refractivity contribution < 1.29 is 18.3 Å². The predicted octanol–water partition coefficient (Wildman–Crippen LogP) is 6.16. The summed E-state index contributed by atoms with van der Waals surface area (Å²) in [5, 5.41) is 2.78. The van der Waals surface area contributed by atoms with Gasteiger partial charge in [0.05, 0.1) is 5.56 Å². The summed E-state index contributed by atoms with van der Waals surface area (Å²) < 4.78 is 25.2. The first-order valence-corrected chi connectivity index (χ1v) is 10.2. The van der Waals surface area contributed by atoms with E-state index in [2.05, 4.69) is 24.1 Å². The number of nitrogens with one attached hydrogen (secondary N) is 1. The van der Waals surface area contributed by atoms with Crippen LogP contribution >= 0.6 is 0 Å². The summed E-state index contributed by atoms with van der Waals surface area (Å²) in [6, 6.07) is 19.2. The third-order valence-corrected chi connectivity index (χ3v) is 5.21. The lowest BCUT2D eigenvalue weighted by Gasteiger charge is -2.11. The van der Waals surface area contributed by atoms with Crippen molar-refractivity contribution in [3.63, 3.8) is 0 Å². The molecule has 0 bridgehead atoms. The number of ether oxygens (including phenoxy) is 1. The van der Waals surface area contributed by atoms with Crippen molar-refractivity contribution in [3.05, 3.63) is 78.1 Å². The first-order chi connectivity index (χ1) is 15.0. The van der Waals surface area contributed by atoms with Crippen molar-refractivity contribution in [2.75, 3.05) is 11.9 Å². The molecule has 0 radical (unpaired) electrons. The second kappa shape index (κ2) is 9.00. The molecule has 0 saturated carbocycles. The van der Waals surface area contributed by atoms with E-state index in [9.17, 15) is 9.18 Å². The topological polar surface area (TPSA) is 64.4 Å². The van der Waals surface area contributed by atoms with Crippen LogP contribution in [0.1, 0.15) is 31.7 Å². The Labute approximate surface area is 179 Å². The molecule has 4 aromatic rings. The summed E-state index contributed by atoms with van der Waals surface area (Å²) in [4.78, 5) is 16.6. The van der Waals surface area contributed by atoms with Crippen molar-refractivity contribution >= 4 is 22.7 Å². The van der Waals surface area contributed by atoms with Crippen molar-refractivity contribution in [2.24, 2.45) is 0 Å². The first-order valence-electron chi connectivity index (χ1n) is 10.2. The molecular weight excluding hydrogens is 395 g/mol. The van der Waals surface area contributed by atoms with Crippen LogP contribution in [-0.2, 0) is 4.79 Å². The van der Waals surface area contributed by atoms with E-state index in [0.29, 0.717) is 28.5 Å². The SMILES string of the molecule is CC[C@H](C)c1ccc(OCC(=O)Nc2ccc3oc(-c4ccccc4F)nc3c2)cc1. The lowest BCUT2D eigenvalue weighted by molar-refractivity contribution is -0.118. The summed E-state index contributed by atoms with van der Waals surface area (Å²) in [6.45, 7) is 4.21. The number of aromatic nitrogens is 1. The van der Waals surface area contributed by atoms with Crippen LogP contribution in [0.5, 0.6) is 5.75 Å². The van der Waals surface area contributed by atoms with Gasteiger partial charge >= 0.3 is 0 Å². The van der Waals surface area contributed by atoms with E-state index in [4.69, 9.17) is 9.15 Å². The number of carbonyl (C=O) groups excluding carboxylic acids is 1. The number of anilines is 1. The number of amides is 1. The quantitative estimate of drug-likeness (QED) is 0.390. The number of benzene rings is 3. The zero-order valence-electron chi connectivity index (χ0n) is 17.4. The van der Waals surface area contributed by atoms with Gasteiger partial charge in [-0.15, -0.1) is 0 Å². The molecule has 0 fully saturated rings. The number of fused-ring (bicyclic) bond motifs is 1. The maximum absolute atomic E-state index is 14.0. The summed E-state index contributed by atoms with van der Waals surface area (Å²) in [5.74, 6) is 0.632. The van der Waals surface area contributed by atoms with Gasteiger partial charge in [-0.25, -0.2) is 9.37 Å². The Kier molecular flexibility index (Phi) is 5.98. The van der Waals surface area contributed by atoms with Crippen LogP contribution < -0.4 is 10.1 Å². The highest BCUT2D eigenvalue weighted by molar-refractivity contribution is 5.94. The number of rotatable bonds is 7. The number of hydrogen-bond donors (Lipinski definition) is 1. The van der Waals surface area contributed by atoms with Gasteiger partial charge in [0.15, 0.2) is 12.2 Å². The van der Waals surface area contributed by atoms with Crippen molar-refractivity contribution in [1.82, 2.24) is 4.98 Å². The summed E-state index contributed by atoms with van der Waals surface area (Å²) in [7, 11) is 0. The maximum Gasteiger partial charge on any atom is 0.262 e. The molecule has 0 saturated heterocycles. The van der Waals surface area contributed by atoms with Gasteiger partial charge < -0.3 is 14.5 Å². The predicted molar refractivity (Wildman–Crippen MR) is 119 cm³/mol. The Balaban J connectivity index is 1.40. The number of halogens is 1. The lowest BCUT2D eigenvalue weighted by atomic mass is 9.99. The van der Waals surface area contributed by atoms with E-state index in [0.717, 1.165) is 6.42 Å². The van der Waals surface area contributed by atoms with Crippen molar-refractivity contribution in [3.8, 4) is 17.2 Å². The molecule has 1 amide bonds. The number of oxazole rings is 1. The van der Waals surface area contributed by atoms with Gasteiger partial charge in [0, 0.05) is 5.69 Å². The fourth-order valence-corrected chi connectivity index (χ4v) is 3.23. The number of carbonyl (C=O) groups is 1. The molecule has 0 spiro atoms. The second-order valence-electron chi connectivity index (χ2n) is 7.40. The molecule has 0 aliphatic rings. The van der Waals surface area contributed by atoms with Crippen LogP contribution in [0, 0.1) is 5.82 Å². The van der Waals surface area contributed by atoms with Crippen LogP contribution in [0.15, 0.2) is 71.1 Å². The van der Waals surface area contributed by atoms with Gasteiger partial charge in [0.25, 0.3) is 5.91 Å². The molecule has 0 aliphatic heterocycles. The zero-order valence-corrected chi connectivity index (χ0v) is 17.4. The van der Waals surface area contributed by atoms with Gasteiger partial charge in [0.2, 0.25) is 5.89 Å². The highest BCUT2D eigenvalue weighted by atomic mass is 19.1. The molecule has 0 unspecified atom stereocenters. The molecule has 6 heteroatoms. The van der Waals surface area contributed by atoms with E-state index in [1.54, 1.807) is 36.4 Å². The standard InChI is InChI=1S/C25H23FN2O3/c1-3-16(2)17-8-11-19(12-9-17)30-15-24(29)27-18-10-13-23-22(14-18)28-25(31-23)20-6-4-5-7-21(20)26/h4-14,16H,3,15H2,1-2H3,(H,27,29)/t16-/m0/s1. The lowest BCUT2D eigenvalue weighted by Crippen LogP contribution is -2.20. The highest BCUT2D eigenvalue weighted by Crippen LogP contribution is 2.28. The van der Waals surface area contributed by atoms with Crippen LogP contribution in [0.2, 0.25) is 0 Å². The number of nitrogens with zero attached hydrogens (tertiary/aromatic N) is 1. The van der Waals surface area contributed by atoms with Crippen LogP contribution in [0.3, 0.4) is 0 Å². The molecule has 3 aromatic carbocycles. The van der Waals surface area contributed by atoms with Gasteiger partial charge in [-0.2, -0.15) is 0 Å². The van der Waals surface area contributed by atoms with Gasteiger partial charge in [-0.3, -0.25) is 4.79 Å². The minimum atomic E-state index is -0.406. The minimum Gasteiger partial charge on any atom is -0.484 e. The normalized spacial score (nSPS) is 12.0. The summed E-state index contributed by atoms with van der Waals surface area (Å²) in [6.07, 6.45) is 1.07. The summed E-state index contributed by atoms with van der Waals surface area (Å²) >= 11 is 0. The smallest absolute Gasteiger partial charge is 0.262 e. The van der Waals surface area contributed by atoms with Crippen LogP contribution in [0.25, 0.3) is 22.6 Å². The molecule has 1 atom stereocenters. The number of hydrogen-bond acceptors (Lipinski definition) is 4. The van der Waals surface area contributed by atoms with E-state index in [1.807, 2.05) is 24.3 Å². The van der Waals surface area contributed by atoms with Crippen molar-refractivity contribution in [2.45, 2.75) is 26.2 Å². The third-order valence-electron chi connectivity index (χ3n) is 5.21. The molecule has 5 nitrogen and oxygen atoms in total. The first kappa shape index (κ1) is 20.6. The Morgan fingerprint density at radius 2 is 1.90 bits per heavy atom. The monoisotopic (exact) mass is 418 g/mol. The van der Waals surface area contributed by atoms with Gasteiger partial charge in [0.1, 0.15) is 17.1 Å². The molecule has 31 heavy (non-hydrogen) atoms. The zero-order chi connectivity index (χ0) is 21.8. The van der Waals surface area contributed by atoms with E-state index in [1.165, 1.54) is 11.6 Å². The molecule has 0 aliphatic carbocycles. The van der Waals surface area contributed by atoms with Crippen LogP contribution in [0.4, 0.5) is 10.1 Å². The van der Waals surface area contributed by atoms with Crippen LogP contribution in [-0.4, -0.2) is 17.5 Å². The summed E-state index contributed by atoms with van der Waals surface area (Å²) in [5.41, 5.74) is 3.13. The van der Waals surface area contributed by atoms with Gasteiger partial charge in [-0.05, 0) is 60.4 Å². The van der Waals surface area contributed by atoms with E-state index >= 15 is 0 Å². The molecule has 1 N–H and O–H groups in total.